The monoisotopic (exact) mass is 430 g/mol. The van der Waals surface area contributed by atoms with E-state index in [0.717, 1.165) is 43.2 Å². The number of rotatable bonds is 9. The summed E-state index contributed by atoms with van der Waals surface area (Å²) in [7, 11) is 0. The quantitative estimate of drug-likeness (QED) is 0.427. The predicted molar refractivity (Wildman–Crippen MR) is 115 cm³/mol. The predicted octanol–water partition coefficient (Wildman–Crippen LogP) is 5.38. The lowest BCUT2D eigenvalue weighted by molar-refractivity contribution is -0.122. The van der Waals surface area contributed by atoms with Crippen LogP contribution in [0.15, 0.2) is 41.4 Å². The number of pyridine rings is 1. The van der Waals surface area contributed by atoms with Crippen molar-refractivity contribution < 1.29 is 18.7 Å². The van der Waals surface area contributed by atoms with Gasteiger partial charge in [-0.1, -0.05) is 12.5 Å². The number of carbonyl (C=O) groups excluding carboxylic acids is 2. The van der Waals surface area contributed by atoms with Gasteiger partial charge in [-0.2, -0.15) is 0 Å². The van der Waals surface area contributed by atoms with Gasteiger partial charge in [0.15, 0.2) is 5.78 Å². The summed E-state index contributed by atoms with van der Waals surface area (Å²) in [6.07, 6.45) is 8.53. The molecule has 1 aliphatic rings. The van der Waals surface area contributed by atoms with Crippen LogP contribution in [0.4, 0.5) is 4.39 Å². The fraction of sp³-hybridized carbons (Fsp3) is 0.435. The van der Waals surface area contributed by atoms with Crippen LogP contribution in [-0.2, 0) is 4.79 Å². The highest BCUT2D eigenvalue weighted by Crippen LogP contribution is 2.32. The topological polar surface area (TPSA) is 82.3 Å². The Morgan fingerprint density at radius 3 is 2.70 bits per heavy atom. The first-order valence-electron chi connectivity index (χ1n) is 10.3. The fourth-order valence-electron chi connectivity index (χ4n) is 3.91. The molecule has 3 rings (SSSR count). The number of hydrogen-bond acceptors (Lipinski definition) is 5. The maximum absolute atomic E-state index is 13.8. The molecule has 1 amide bonds. The van der Waals surface area contributed by atoms with Gasteiger partial charge in [-0.25, -0.2) is 9.37 Å². The standard InChI is InChI=1S/C23H27FN2O3S/c1-30-19-6-3-5-18(13-19)29-23-20(12-17(24)14-26-23)21(27)7-2-4-15-8-10-16(11-9-15)22(25)28/h3,5-6,12-16H,2,4,7-11H2,1H3,(H2,25,28). The average molecular weight is 431 g/mol. The number of nitrogens with two attached hydrogens (primary N) is 1. The van der Waals surface area contributed by atoms with E-state index in [1.807, 2.05) is 24.5 Å². The van der Waals surface area contributed by atoms with Crippen LogP contribution in [0.5, 0.6) is 11.6 Å². The van der Waals surface area contributed by atoms with Crippen molar-refractivity contribution in [3.05, 3.63) is 47.9 Å². The molecular weight excluding hydrogens is 403 g/mol. The number of halogens is 1. The first-order chi connectivity index (χ1) is 14.5. The van der Waals surface area contributed by atoms with Crippen molar-refractivity contribution in [2.75, 3.05) is 6.26 Å². The van der Waals surface area contributed by atoms with Crippen LogP contribution in [0, 0.1) is 17.7 Å². The molecule has 2 aromatic rings. The molecule has 7 heteroatoms. The number of hydrogen-bond donors (Lipinski definition) is 1. The van der Waals surface area contributed by atoms with E-state index in [2.05, 4.69) is 4.98 Å². The van der Waals surface area contributed by atoms with Crippen molar-refractivity contribution in [3.8, 4) is 11.6 Å². The summed E-state index contributed by atoms with van der Waals surface area (Å²) >= 11 is 1.58. The normalized spacial score (nSPS) is 18.7. The first kappa shape index (κ1) is 22.3. The summed E-state index contributed by atoms with van der Waals surface area (Å²) in [5.41, 5.74) is 5.55. The second-order valence-electron chi connectivity index (χ2n) is 7.72. The fourth-order valence-corrected chi connectivity index (χ4v) is 4.35. The van der Waals surface area contributed by atoms with Gasteiger partial charge in [0.1, 0.15) is 11.6 Å². The molecule has 0 aliphatic heterocycles. The lowest BCUT2D eigenvalue weighted by atomic mass is 9.79. The number of ether oxygens (including phenoxy) is 1. The third-order valence-electron chi connectivity index (χ3n) is 5.64. The smallest absolute Gasteiger partial charge is 0.230 e. The summed E-state index contributed by atoms with van der Waals surface area (Å²) in [5, 5.41) is 0. The Hall–Kier alpha value is -2.41. The largest absolute Gasteiger partial charge is 0.438 e. The molecule has 30 heavy (non-hydrogen) atoms. The SMILES string of the molecule is CSc1cccc(Oc2ncc(F)cc2C(=O)CCCC2CCC(C(N)=O)CC2)c1. The van der Waals surface area contributed by atoms with Crippen molar-refractivity contribution in [3.63, 3.8) is 0 Å². The highest BCUT2D eigenvalue weighted by atomic mass is 32.2. The van der Waals surface area contributed by atoms with Crippen molar-refractivity contribution in [2.45, 2.75) is 49.8 Å². The van der Waals surface area contributed by atoms with E-state index >= 15 is 0 Å². The van der Waals surface area contributed by atoms with E-state index in [0.29, 0.717) is 24.5 Å². The molecule has 2 N–H and O–H groups in total. The Morgan fingerprint density at radius 1 is 1.23 bits per heavy atom. The van der Waals surface area contributed by atoms with Crippen LogP contribution < -0.4 is 10.5 Å². The average Bonchev–Trinajstić information content (AvgIpc) is 2.75. The van der Waals surface area contributed by atoms with Crippen LogP contribution in [0.2, 0.25) is 0 Å². The number of primary amides is 1. The zero-order chi connectivity index (χ0) is 21.5. The van der Waals surface area contributed by atoms with Crippen LogP contribution in [0.1, 0.15) is 55.3 Å². The van der Waals surface area contributed by atoms with Crippen molar-refractivity contribution in [1.29, 1.82) is 0 Å². The highest BCUT2D eigenvalue weighted by Gasteiger charge is 2.25. The molecule has 0 saturated heterocycles. The Morgan fingerprint density at radius 2 is 2.00 bits per heavy atom. The summed E-state index contributed by atoms with van der Waals surface area (Å²) in [4.78, 5) is 29.1. The van der Waals surface area contributed by atoms with Gasteiger partial charge in [-0.15, -0.1) is 11.8 Å². The second-order valence-corrected chi connectivity index (χ2v) is 8.60. The number of benzene rings is 1. The molecule has 160 valence electrons. The zero-order valence-corrected chi connectivity index (χ0v) is 17.9. The molecule has 0 radical (unpaired) electrons. The molecule has 1 aromatic carbocycles. The molecule has 0 spiro atoms. The van der Waals surface area contributed by atoms with Crippen molar-refractivity contribution in [1.82, 2.24) is 4.98 Å². The Labute approximate surface area is 180 Å². The number of nitrogens with zero attached hydrogens (tertiary/aromatic N) is 1. The van der Waals surface area contributed by atoms with E-state index in [4.69, 9.17) is 10.5 Å². The lowest BCUT2D eigenvalue weighted by Gasteiger charge is -2.26. The molecule has 1 heterocycles. The Balaban J connectivity index is 1.59. The number of amides is 1. The van der Waals surface area contributed by atoms with Gasteiger partial charge in [0.05, 0.1) is 11.8 Å². The second kappa shape index (κ2) is 10.6. The number of aromatic nitrogens is 1. The third kappa shape index (κ3) is 6.05. The minimum absolute atomic E-state index is 0.00873. The van der Waals surface area contributed by atoms with Crippen LogP contribution >= 0.6 is 11.8 Å². The number of Topliss-reactive ketones (excluding diaryl/α,β-unsaturated/α-hetero) is 1. The molecule has 0 unspecified atom stereocenters. The van der Waals surface area contributed by atoms with Gasteiger partial charge in [-0.05, 0) is 68.5 Å². The Bertz CT molecular complexity index is 898. The van der Waals surface area contributed by atoms with Gasteiger partial charge in [0, 0.05) is 17.2 Å². The van der Waals surface area contributed by atoms with Gasteiger partial charge in [-0.3, -0.25) is 9.59 Å². The van der Waals surface area contributed by atoms with Crippen LogP contribution in [0.25, 0.3) is 0 Å². The van der Waals surface area contributed by atoms with Crippen molar-refractivity contribution in [2.24, 2.45) is 17.6 Å². The maximum atomic E-state index is 13.8. The molecule has 1 saturated carbocycles. The molecule has 1 aromatic heterocycles. The van der Waals surface area contributed by atoms with Gasteiger partial charge in [0.2, 0.25) is 11.8 Å². The van der Waals surface area contributed by atoms with Crippen LogP contribution in [0.3, 0.4) is 0 Å². The molecule has 1 fully saturated rings. The van der Waals surface area contributed by atoms with Gasteiger partial charge >= 0.3 is 0 Å². The zero-order valence-electron chi connectivity index (χ0n) is 17.1. The molecule has 1 aliphatic carbocycles. The van der Waals surface area contributed by atoms with Crippen LogP contribution in [-0.4, -0.2) is 22.9 Å². The lowest BCUT2D eigenvalue weighted by Crippen LogP contribution is -2.27. The molecular formula is C23H27FN2O3S. The van der Waals surface area contributed by atoms with E-state index in [1.165, 1.54) is 6.07 Å². The van der Waals surface area contributed by atoms with E-state index in [-0.39, 0.29) is 29.1 Å². The van der Waals surface area contributed by atoms with E-state index < -0.39 is 5.82 Å². The molecule has 0 bridgehead atoms. The van der Waals surface area contributed by atoms with E-state index in [1.54, 1.807) is 17.8 Å². The highest BCUT2D eigenvalue weighted by molar-refractivity contribution is 7.98. The van der Waals surface area contributed by atoms with Crippen molar-refractivity contribution >= 4 is 23.5 Å². The van der Waals surface area contributed by atoms with Gasteiger partial charge in [0.25, 0.3) is 0 Å². The minimum Gasteiger partial charge on any atom is -0.438 e. The third-order valence-corrected chi connectivity index (χ3v) is 6.36. The Kier molecular flexibility index (Phi) is 7.85. The maximum Gasteiger partial charge on any atom is 0.230 e. The number of thioether (sulfide) groups is 1. The summed E-state index contributed by atoms with van der Waals surface area (Å²) < 4.78 is 19.6. The number of carbonyl (C=O) groups is 2. The van der Waals surface area contributed by atoms with E-state index in [9.17, 15) is 14.0 Å². The summed E-state index contributed by atoms with van der Waals surface area (Å²) in [5.74, 6) is 0.229. The number of ketones is 1. The van der Waals surface area contributed by atoms with Gasteiger partial charge < -0.3 is 10.5 Å². The minimum atomic E-state index is -0.562. The molecule has 5 nitrogen and oxygen atoms in total. The summed E-state index contributed by atoms with van der Waals surface area (Å²) in [6, 6.07) is 8.65. The molecule has 0 atom stereocenters. The first-order valence-corrected chi connectivity index (χ1v) is 11.5. The summed E-state index contributed by atoms with van der Waals surface area (Å²) in [6.45, 7) is 0.